The van der Waals surface area contributed by atoms with E-state index in [4.69, 9.17) is 0 Å². The molecule has 162 valence electrons. The molecule has 4 rings (SSSR count). The smallest absolute Gasteiger partial charge is 0.282 e. The van der Waals surface area contributed by atoms with Crippen molar-refractivity contribution >= 4 is 40.1 Å². The van der Waals surface area contributed by atoms with E-state index in [1.165, 1.54) is 4.90 Å². The molecular formula is C26H26N4O2. The van der Waals surface area contributed by atoms with Gasteiger partial charge in [-0.3, -0.25) is 9.59 Å². The third kappa shape index (κ3) is 3.95. The van der Waals surface area contributed by atoms with E-state index < -0.39 is 0 Å². The number of anilines is 4. The zero-order valence-electron chi connectivity index (χ0n) is 18.7. The number of nitrogens with zero attached hydrogens (tertiary/aromatic N) is 3. The molecule has 6 nitrogen and oxygen atoms in total. The molecule has 0 atom stereocenters. The van der Waals surface area contributed by atoms with Crippen LogP contribution in [0.25, 0.3) is 5.57 Å². The molecule has 3 aromatic rings. The highest BCUT2D eigenvalue weighted by Gasteiger charge is 2.40. The van der Waals surface area contributed by atoms with Crippen molar-refractivity contribution in [1.29, 1.82) is 0 Å². The quantitative estimate of drug-likeness (QED) is 0.599. The number of benzene rings is 3. The van der Waals surface area contributed by atoms with Crippen molar-refractivity contribution in [3.05, 3.63) is 90.1 Å². The summed E-state index contributed by atoms with van der Waals surface area (Å²) in [7, 11) is 7.83. The summed E-state index contributed by atoms with van der Waals surface area (Å²) in [4.78, 5) is 32.1. The molecule has 1 aliphatic rings. The average Bonchev–Trinajstić information content (AvgIpc) is 3.04. The summed E-state index contributed by atoms with van der Waals surface area (Å²) >= 11 is 0. The maximum Gasteiger partial charge on any atom is 0.282 e. The van der Waals surface area contributed by atoms with Gasteiger partial charge in [0.25, 0.3) is 11.8 Å². The lowest BCUT2D eigenvalue weighted by Gasteiger charge is -2.18. The lowest BCUT2D eigenvalue weighted by molar-refractivity contribution is -0.120. The van der Waals surface area contributed by atoms with Crippen LogP contribution in [0.1, 0.15) is 5.56 Å². The maximum atomic E-state index is 13.5. The summed E-state index contributed by atoms with van der Waals surface area (Å²) in [6, 6.07) is 24.4. The molecule has 1 aliphatic heterocycles. The van der Waals surface area contributed by atoms with Gasteiger partial charge >= 0.3 is 0 Å². The van der Waals surface area contributed by atoms with Gasteiger partial charge in [-0.2, -0.15) is 0 Å². The van der Waals surface area contributed by atoms with Crippen molar-refractivity contribution in [1.82, 2.24) is 0 Å². The second-order valence-corrected chi connectivity index (χ2v) is 8.04. The number of carbonyl (C=O) groups excluding carboxylic acids is 2. The molecule has 0 aromatic heterocycles. The highest BCUT2D eigenvalue weighted by Crippen LogP contribution is 2.34. The van der Waals surface area contributed by atoms with Crippen molar-refractivity contribution in [3.8, 4) is 0 Å². The SMILES string of the molecule is CN(C)c1ccc(NC2=C(c3ccccc3)C(=O)N(c3ccc(N(C)C)cc3)C2=O)cc1. The minimum absolute atomic E-state index is 0.274. The molecule has 0 saturated carbocycles. The Bertz CT molecular complexity index is 1160. The molecule has 0 saturated heterocycles. The van der Waals surface area contributed by atoms with Crippen molar-refractivity contribution in [2.75, 3.05) is 48.2 Å². The molecule has 1 heterocycles. The predicted molar refractivity (Wildman–Crippen MR) is 131 cm³/mol. The number of carbonyl (C=O) groups is 2. The Balaban J connectivity index is 1.73. The summed E-state index contributed by atoms with van der Waals surface area (Å²) in [5, 5.41) is 3.21. The van der Waals surface area contributed by atoms with Gasteiger partial charge in [-0.1, -0.05) is 30.3 Å². The number of imide groups is 1. The number of amides is 2. The minimum Gasteiger partial charge on any atom is -0.378 e. The van der Waals surface area contributed by atoms with Crippen LogP contribution in [0.2, 0.25) is 0 Å². The lowest BCUT2D eigenvalue weighted by Crippen LogP contribution is -2.32. The van der Waals surface area contributed by atoms with Gasteiger partial charge < -0.3 is 15.1 Å². The molecule has 0 unspecified atom stereocenters. The fourth-order valence-corrected chi connectivity index (χ4v) is 3.64. The van der Waals surface area contributed by atoms with Crippen LogP contribution in [0.5, 0.6) is 0 Å². The van der Waals surface area contributed by atoms with E-state index in [9.17, 15) is 9.59 Å². The van der Waals surface area contributed by atoms with E-state index in [0.717, 1.165) is 17.1 Å². The van der Waals surface area contributed by atoms with Crippen LogP contribution in [0.4, 0.5) is 22.7 Å². The molecule has 2 amide bonds. The van der Waals surface area contributed by atoms with Crippen LogP contribution in [0.15, 0.2) is 84.6 Å². The van der Waals surface area contributed by atoms with Gasteiger partial charge in [0.05, 0.1) is 11.3 Å². The molecule has 1 N–H and O–H groups in total. The largest absolute Gasteiger partial charge is 0.378 e. The first-order chi connectivity index (χ1) is 15.4. The number of rotatable bonds is 6. The molecule has 0 radical (unpaired) electrons. The predicted octanol–water partition coefficient (Wildman–Crippen LogP) is 4.22. The van der Waals surface area contributed by atoms with Crippen molar-refractivity contribution in [2.24, 2.45) is 0 Å². The van der Waals surface area contributed by atoms with Crippen molar-refractivity contribution in [2.45, 2.75) is 0 Å². The lowest BCUT2D eigenvalue weighted by atomic mass is 10.0. The summed E-state index contributed by atoms with van der Waals surface area (Å²) in [6.45, 7) is 0. The van der Waals surface area contributed by atoms with Gasteiger partial charge in [0.2, 0.25) is 0 Å². The highest BCUT2D eigenvalue weighted by atomic mass is 16.2. The zero-order chi connectivity index (χ0) is 22.8. The fourth-order valence-electron chi connectivity index (χ4n) is 3.64. The van der Waals surface area contributed by atoms with E-state index in [-0.39, 0.29) is 17.5 Å². The first-order valence-corrected chi connectivity index (χ1v) is 10.4. The highest BCUT2D eigenvalue weighted by molar-refractivity contribution is 6.46. The summed E-state index contributed by atoms with van der Waals surface area (Å²) in [6.07, 6.45) is 0. The average molecular weight is 427 g/mol. The third-order valence-electron chi connectivity index (χ3n) is 5.42. The van der Waals surface area contributed by atoms with Gasteiger partial charge in [0, 0.05) is 45.3 Å². The zero-order valence-corrected chi connectivity index (χ0v) is 18.7. The Morgan fingerprint density at radius 3 is 1.72 bits per heavy atom. The normalized spacial score (nSPS) is 13.6. The Kier molecular flexibility index (Phi) is 5.69. The second-order valence-electron chi connectivity index (χ2n) is 8.04. The fraction of sp³-hybridized carbons (Fsp3) is 0.154. The Morgan fingerprint density at radius 1 is 0.656 bits per heavy atom. The van der Waals surface area contributed by atoms with Crippen molar-refractivity contribution in [3.63, 3.8) is 0 Å². The molecule has 0 fully saturated rings. The van der Waals surface area contributed by atoms with Crippen LogP contribution in [0, 0.1) is 0 Å². The Morgan fingerprint density at radius 2 is 1.19 bits per heavy atom. The van der Waals surface area contributed by atoms with Gasteiger partial charge in [0.1, 0.15) is 5.70 Å². The second kappa shape index (κ2) is 8.59. The summed E-state index contributed by atoms with van der Waals surface area (Å²) < 4.78 is 0. The molecule has 0 spiro atoms. The summed E-state index contributed by atoms with van der Waals surface area (Å²) in [5.74, 6) is -0.714. The van der Waals surface area contributed by atoms with E-state index in [1.807, 2.05) is 105 Å². The van der Waals surface area contributed by atoms with Gasteiger partial charge in [-0.25, -0.2) is 4.90 Å². The molecule has 6 heteroatoms. The maximum absolute atomic E-state index is 13.5. The van der Waals surface area contributed by atoms with Gasteiger partial charge in [0.15, 0.2) is 0 Å². The number of hydrogen-bond acceptors (Lipinski definition) is 5. The van der Waals surface area contributed by atoms with Gasteiger partial charge in [-0.15, -0.1) is 0 Å². The van der Waals surface area contributed by atoms with Crippen molar-refractivity contribution < 1.29 is 9.59 Å². The van der Waals surface area contributed by atoms with Crippen LogP contribution >= 0.6 is 0 Å². The third-order valence-corrected chi connectivity index (χ3v) is 5.42. The molecule has 0 bridgehead atoms. The van der Waals surface area contributed by atoms with Crippen LogP contribution in [-0.4, -0.2) is 40.0 Å². The molecule has 0 aliphatic carbocycles. The van der Waals surface area contributed by atoms with E-state index in [0.29, 0.717) is 16.8 Å². The standard InChI is InChI=1S/C26H26N4O2/c1-28(2)20-12-10-19(11-13-20)27-24-23(18-8-6-5-7-9-18)25(31)30(26(24)32)22-16-14-21(15-17-22)29(3)4/h5-17,27H,1-4H3. The van der Waals surface area contributed by atoms with E-state index >= 15 is 0 Å². The first kappa shape index (κ1) is 21.2. The van der Waals surface area contributed by atoms with Crippen LogP contribution in [0.3, 0.4) is 0 Å². The summed E-state index contributed by atoms with van der Waals surface area (Å²) in [5.41, 5.74) is 4.65. The molecule has 3 aromatic carbocycles. The molecule has 32 heavy (non-hydrogen) atoms. The number of nitrogens with one attached hydrogen (secondary N) is 1. The number of hydrogen-bond donors (Lipinski definition) is 1. The Hall–Kier alpha value is -4.06. The molecular weight excluding hydrogens is 400 g/mol. The minimum atomic E-state index is -0.372. The van der Waals surface area contributed by atoms with Crippen LogP contribution in [-0.2, 0) is 9.59 Å². The Labute approximate surface area is 188 Å². The van der Waals surface area contributed by atoms with E-state index in [1.54, 1.807) is 12.1 Å². The van der Waals surface area contributed by atoms with Gasteiger partial charge in [-0.05, 0) is 54.1 Å². The van der Waals surface area contributed by atoms with E-state index in [2.05, 4.69) is 5.32 Å². The topological polar surface area (TPSA) is 55.9 Å². The van der Waals surface area contributed by atoms with Crippen LogP contribution < -0.4 is 20.0 Å². The first-order valence-electron chi connectivity index (χ1n) is 10.4. The monoisotopic (exact) mass is 426 g/mol.